The van der Waals surface area contributed by atoms with E-state index in [-0.39, 0.29) is 11.9 Å². The quantitative estimate of drug-likeness (QED) is 0.765. The fourth-order valence-electron chi connectivity index (χ4n) is 1.83. The van der Waals surface area contributed by atoms with E-state index in [2.05, 4.69) is 29.8 Å². The van der Waals surface area contributed by atoms with Gasteiger partial charge in [-0.1, -0.05) is 40.2 Å². The maximum atomic E-state index is 12.2. The number of alkyl halides is 1. The first-order valence-corrected chi connectivity index (χ1v) is 7.08. The van der Waals surface area contributed by atoms with Crippen molar-refractivity contribution in [1.82, 2.24) is 4.90 Å². The van der Waals surface area contributed by atoms with Gasteiger partial charge in [-0.25, -0.2) is 0 Å². The molecule has 1 amide bonds. The summed E-state index contributed by atoms with van der Waals surface area (Å²) in [5.41, 5.74) is 2.31. The number of hydrogen-bond donors (Lipinski definition) is 0. The highest BCUT2D eigenvalue weighted by Crippen LogP contribution is 2.11. The second-order valence-corrected chi connectivity index (χ2v) is 5.27. The largest absolute Gasteiger partial charge is 0.339 e. The Balaban J connectivity index is 2.73. The van der Waals surface area contributed by atoms with E-state index in [1.807, 2.05) is 36.1 Å². The Labute approximate surface area is 112 Å². The zero-order chi connectivity index (χ0) is 12.8. The average molecular weight is 298 g/mol. The zero-order valence-electron chi connectivity index (χ0n) is 10.7. The molecular formula is C14H20BrNO. The van der Waals surface area contributed by atoms with Crippen LogP contribution < -0.4 is 0 Å². The Morgan fingerprint density at radius 1 is 1.35 bits per heavy atom. The molecular weight excluding hydrogens is 278 g/mol. The fraction of sp³-hybridized carbons (Fsp3) is 0.500. The standard InChI is InChI=1S/C14H20BrNO/c1-11(2)16(9-8-15)14(17)10-13-7-5-4-6-12(13)3/h4-7,11H,8-10H2,1-3H3. The van der Waals surface area contributed by atoms with Gasteiger partial charge in [0.05, 0.1) is 6.42 Å². The van der Waals surface area contributed by atoms with Crippen LogP contribution in [0.2, 0.25) is 0 Å². The first-order valence-electron chi connectivity index (χ1n) is 5.96. The molecule has 0 spiro atoms. The molecule has 1 rings (SSSR count). The summed E-state index contributed by atoms with van der Waals surface area (Å²) in [6.45, 7) is 6.92. The van der Waals surface area contributed by atoms with Crippen LogP contribution in [0.5, 0.6) is 0 Å². The van der Waals surface area contributed by atoms with Gasteiger partial charge in [-0.3, -0.25) is 4.79 Å². The molecule has 0 bridgehead atoms. The smallest absolute Gasteiger partial charge is 0.227 e. The van der Waals surface area contributed by atoms with Crippen molar-refractivity contribution in [3.05, 3.63) is 35.4 Å². The van der Waals surface area contributed by atoms with Gasteiger partial charge in [0.15, 0.2) is 0 Å². The van der Waals surface area contributed by atoms with Crippen LogP contribution in [0, 0.1) is 6.92 Å². The SMILES string of the molecule is Cc1ccccc1CC(=O)N(CCBr)C(C)C. The normalized spacial score (nSPS) is 10.6. The highest BCUT2D eigenvalue weighted by atomic mass is 79.9. The van der Waals surface area contributed by atoms with E-state index in [1.54, 1.807) is 0 Å². The average Bonchev–Trinajstić information content (AvgIpc) is 2.28. The van der Waals surface area contributed by atoms with E-state index in [4.69, 9.17) is 0 Å². The molecule has 0 N–H and O–H groups in total. The molecule has 0 saturated heterocycles. The van der Waals surface area contributed by atoms with Gasteiger partial charge in [0.25, 0.3) is 0 Å². The third-order valence-electron chi connectivity index (χ3n) is 2.87. The Kier molecular flexibility index (Phi) is 5.69. The molecule has 1 aromatic carbocycles. The lowest BCUT2D eigenvalue weighted by molar-refractivity contribution is -0.131. The summed E-state index contributed by atoms with van der Waals surface area (Å²) in [6.07, 6.45) is 0.498. The number of nitrogens with zero attached hydrogens (tertiary/aromatic N) is 1. The van der Waals surface area contributed by atoms with E-state index in [9.17, 15) is 4.79 Å². The molecule has 0 unspecified atom stereocenters. The van der Waals surface area contributed by atoms with E-state index in [0.29, 0.717) is 6.42 Å². The van der Waals surface area contributed by atoms with Crippen molar-refractivity contribution in [2.75, 3.05) is 11.9 Å². The molecule has 0 aliphatic rings. The Morgan fingerprint density at radius 3 is 2.53 bits per heavy atom. The monoisotopic (exact) mass is 297 g/mol. The van der Waals surface area contributed by atoms with Crippen LogP contribution in [0.25, 0.3) is 0 Å². The summed E-state index contributed by atoms with van der Waals surface area (Å²) in [5.74, 6) is 0.203. The molecule has 0 fully saturated rings. The molecule has 0 aromatic heterocycles. The Morgan fingerprint density at radius 2 is 2.00 bits per heavy atom. The molecule has 94 valence electrons. The topological polar surface area (TPSA) is 20.3 Å². The van der Waals surface area contributed by atoms with E-state index < -0.39 is 0 Å². The van der Waals surface area contributed by atoms with E-state index >= 15 is 0 Å². The van der Waals surface area contributed by atoms with Gasteiger partial charge >= 0.3 is 0 Å². The summed E-state index contributed by atoms with van der Waals surface area (Å²) < 4.78 is 0. The van der Waals surface area contributed by atoms with Crippen molar-refractivity contribution in [2.24, 2.45) is 0 Å². The fourth-order valence-corrected chi connectivity index (χ4v) is 2.22. The lowest BCUT2D eigenvalue weighted by Gasteiger charge is -2.26. The van der Waals surface area contributed by atoms with Gasteiger partial charge < -0.3 is 4.90 Å². The lowest BCUT2D eigenvalue weighted by atomic mass is 10.0. The number of amides is 1. The van der Waals surface area contributed by atoms with Crippen LogP contribution in [0.4, 0.5) is 0 Å². The second-order valence-electron chi connectivity index (χ2n) is 4.47. The lowest BCUT2D eigenvalue weighted by Crippen LogP contribution is -2.39. The minimum absolute atomic E-state index is 0.203. The van der Waals surface area contributed by atoms with E-state index in [1.165, 1.54) is 5.56 Å². The Bertz CT molecular complexity index is 376. The number of carbonyl (C=O) groups excluding carboxylic acids is 1. The van der Waals surface area contributed by atoms with Crippen LogP contribution >= 0.6 is 15.9 Å². The van der Waals surface area contributed by atoms with Crippen molar-refractivity contribution >= 4 is 21.8 Å². The van der Waals surface area contributed by atoms with Gasteiger partial charge in [-0.2, -0.15) is 0 Å². The highest BCUT2D eigenvalue weighted by Gasteiger charge is 2.16. The zero-order valence-corrected chi connectivity index (χ0v) is 12.3. The maximum Gasteiger partial charge on any atom is 0.227 e. The molecule has 0 aliphatic carbocycles. The summed E-state index contributed by atoms with van der Waals surface area (Å²) in [6, 6.07) is 8.32. The number of halogens is 1. The minimum atomic E-state index is 0.203. The molecule has 2 nitrogen and oxygen atoms in total. The summed E-state index contributed by atoms with van der Waals surface area (Å²) in [5, 5.41) is 0.824. The molecule has 17 heavy (non-hydrogen) atoms. The predicted octanol–water partition coefficient (Wildman–Crippen LogP) is 3.17. The Hall–Kier alpha value is -0.830. The summed E-state index contributed by atoms with van der Waals surface area (Å²) in [4.78, 5) is 14.1. The van der Waals surface area contributed by atoms with Gasteiger partial charge in [-0.15, -0.1) is 0 Å². The van der Waals surface area contributed by atoms with Crippen LogP contribution in [0.3, 0.4) is 0 Å². The summed E-state index contributed by atoms with van der Waals surface area (Å²) in [7, 11) is 0. The van der Waals surface area contributed by atoms with Crippen molar-refractivity contribution in [2.45, 2.75) is 33.2 Å². The number of hydrogen-bond acceptors (Lipinski definition) is 1. The molecule has 0 radical (unpaired) electrons. The predicted molar refractivity (Wildman–Crippen MR) is 75.5 cm³/mol. The molecule has 3 heteroatoms. The molecule has 0 atom stereocenters. The van der Waals surface area contributed by atoms with Crippen molar-refractivity contribution < 1.29 is 4.79 Å². The van der Waals surface area contributed by atoms with Crippen LogP contribution in [-0.4, -0.2) is 28.7 Å². The number of rotatable bonds is 5. The minimum Gasteiger partial charge on any atom is -0.339 e. The molecule has 0 aliphatic heterocycles. The highest BCUT2D eigenvalue weighted by molar-refractivity contribution is 9.09. The van der Waals surface area contributed by atoms with Crippen LogP contribution in [0.1, 0.15) is 25.0 Å². The summed E-state index contributed by atoms with van der Waals surface area (Å²) >= 11 is 3.39. The van der Waals surface area contributed by atoms with Crippen molar-refractivity contribution in [1.29, 1.82) is 0 Å². The van der Waals surface area contributed by atoms with Crippen molar-refractivity contribution in [3.8, 4) is 0 Å². The van der Waals surface area contributed by atoms with E-state index in [0.717, 1.165) is 17.4 Å². The van der Waals surface area contributed by atoms with Gasteiger partial charge in [0.2, 0.25) is 5.91 Å². The van der Waals surface area contributed by atoms with Crippen LogP contribution in [-0.2, 0) is 11.2 Å². The first kappa shape index (κ1) is 14.2. The maximum absolute atomic E-state index is 12.2. The first-order chi connectivity index (χ1) is 8.06. The third kappa shape index (κ3) is 4.15. The molecule has 0 heterocycles. The molecule has 0 saturated carbocycles. The molecule has 1 aromatic rings. The van der Waals surface area contributed by atoms with Gasteiger partial charge in [0.1, 0.15) is 0 Å². The second kappa shape index (κ2) is 6.80. The van der Waals surface area contributed by atoms with Crippen molar-refractivity contribution in [3.63, 3.8) is 0 Å². The third-order valence-corrected chi connectivity index (χ3v) is 3.23. The number of benzene rings is 1. The van der Waals surface area contributed by atoms with Gasteiger partial charge in [-0.05, 0) is 31.9 Å². The number of aryl methyl sites for hydroxylation is 1. The van der Waals surface area contributed by atoms with Gasteiger partial charge in [0, 0.05) is 17.9 Å². The number of carbonyl (C=O) groups is 1. The van der Waals surface area contributed by atoms with Crippen LogP contribution in [0.15, 0.2) is 24.3 Å².